The Hall–Kier alpha value is -3.10. The molecule has 9 heteroatoms. The Labute approximate surface area is 170 Å². The number of nitrogens with one attached hydrogen (secondary N) is 2. The number of carbonyl (C=O) groups is 3. The highest BCUT2D eigenvalue weighted by Crippen LogP contribution is 2.21. The van der Waals surface area contributed by atoms with Crippen LogP contribution in [0.15, 0.2) is 29.4 Å². The topological polar surface area (TPSA) is 126 Å². The first kappa shape index (κ1) is 22.2. The van der Waals surface area contributed by atoms with Crippen LogP contribution in [0.5, 0.6) is 0 Å². The standard InChI is InChI=1S/C20H29N5O4/c1-20(2,3)13-29-17(26)8-10-22-19(28)24-16-9-11-25(18(16)27)15-6-4-14(5-7-15)12-23-21/h4-7,12,16H,8-11,13,21H2,1-3H3,(H2,22,24,28)/t16-/m0/s1. The van der Waals surface area contributed by atoms with Gasteiger partial charge in [-0.1, -0.05) is 32.9 Å². The molecule has 2 rings (SSSR count). The molecule has 3 amide bonds. The molecular weight excluding hydrogens is 374 g/mol. The van der Waals surface area contributed by atoms with Gasteiger partial charge in [0.15, 0.2) is 0 Å². The van der Waals surface area contributed by atoms with Crippen LogP contribution < -0.4 is 21.4 Å². The zero-order chi connectivity index (χ0) is 21.4. The van der Waals surface area contributed by atoms with Gasteiger partial charge in [0, 0.05) is 18.8 Å². The normalized spacial score (nSPS) is 16.9. The number of hydrogen-bond donors (Lipinski definition) is 3. The lowest BCUT2D eigenvalue weighted by Gasteiger charge is -2.18. The van der Waals surface area contributed by atoms with E-state index in [1.807, 2.05) is 32.9 Å². The first-order valence-corrected chi connectivity index (χ1v) is 9.54. The highest BCUT2D eigenvalue weighted by molar-refractivity contribution is 6.01. The molecule has 1 aromatic rings. The molecule has 158 valence electrons. The Kier molecular flexibility index (Phi) is 7.58. The molecular formula is C20H29N5O4. The maximum Gasteiger partial charge on any atom is 0.315 e. The predicted molar refractivity (Wildman–Crippen MR) is 111 cm³/mol. The molecule has 0 radical (unpaired) electrons. The summed E-state index contributed by atoms with van der Waals surface area (Å²) in [6.45, 7) is 6.88. The van der Waals surface area contributed by atoms with E-state index in [1.165, 1.54) is 6.21 Å². The van der Waals surface area contributed by atoms with E-state index < -0.39 is 12.1 Å². The lowest BCUT2D eigenvalue weighted by Crippen LogP contribution is -2.46. The van der Waals surface area contributed by atoms with Crippen molar-refractivity contribution < 1.29 is 19.1 Å². The number of nitrogens with two attached hydrogens (primary N) is 1. The quantitative estimate of drug-likeness (QED) is 0.274. The Morgan fingerprint density at radius 1 is 1.31 bits per heavy atom. The van der Waals surface area contributed by atoms with Crippen molar-refractivity contribution >= 4 is 29.8 Å². The highest BCUT2D eigenvalue weighted by atomic mass is 16.5. The van der Waals surface area contributed by atoms with Crippen molar-refractivity contribution in [3.8, 4) is 0 Å². The van der Waals surface area contributed by atoms with Gasteiger partial charge in [-0.2, -0.15) is 5.10 Å². The van der Waals surface area contributed by atoms with E-state index >= 15 is 0 Å². The number of nitrogens with zero attached hydrogens (tertiary/aromatic N) is 2. The number of urea groups is 1. The van der Waals surface area contributed by atoms with Gasteiger partial charge < -0.3 is 26.1 Å². The molecule has 0 unspecified atom stereocenters. The predicted octanol–water partition coefficient (Wildman–Crippen LogP) is 1.36. The minimum Gasteiger partial charge on any atom is -0.465 e. The number of benzene rings is 1. The molecule has 0 bridgehead atoms. The summed E-state index contributed by atoms with van der Waals surface area (Å²) in [5, 5.41) is 8.71. The molecule has 29 heavy (non-hydrogen) atoms. The van der Waals surface area contributed by atoms with Crippen molar-refractivity contribution in [2.45, 2.75) is 39.7 Å². The van der Waals surface area contributed by atoms with E-state index in [1.54, 1.807) is 17.0 Å². The number of anilines is 1. The zero-order valence-corrected chi connectivity index (χ0v) is 17.1. The minimum atomic E-state index is -0.604. The largest absolute Gasteiger partial charge is 0.465 e. The van der Waals surface area contributed by atoms with Crippen molar-refractivity contribution in [1.82, 2.24) is 10.6 Å². The monoisotopic (exact) mass is 403 g/mol. The minimum absolute atomic E-state index is 0.0761. The van der Waals surface area contributed by atoms with E-state index in [9.17, 15) is 14.4 Å². The van der Waals surface area contributed by atoms with E-state index in [2.05, 4.69) is 15.7 Å². The Morgan fingerprint density at radius 2 is 2.00 bits per heavy atom. The molecule has 1 aliphatic rings. The highest BCUT2D eigenvalue weighted by Gasteiger charge is 2.33. The summed E-state index contributed by atoms with van der Waals surface area (Å²) in [4.78, 5) is 37.9. The second-order valence-corrected chi connectivity index (χ2v) is 8.07. The number of esters is 1. The number of hydrazone groups is 1. The van der Waals surface area contributed by atoms with E-state index in [0.29, 0.717) is 19.6 Å². The van der Waals surface area contributed by atoms with Crippen LogP contribution >= 0.6 is 0 Å². The van der Waals surface area contributed by atoms with E-state index in [0.717, 1.165) is 11.3 Å². The second-order valence-electron chi connectivity index (χ2n) is 8.07. The fourth-order valence-electron chi connectivity index (χ4n) is 2.75. The fraction of sp³-hybridized carbons (Fsp3) is 0.500. The molecule has 1 aliphatic heterocycles. The summed E-state index contributed by atoms with van der Waals surface area (Å²) in [5.41, 5.74) is 1.47. The van der Waals surface area contributed by atoms with Crippen LogP contribution in [0, 0.1) is 5.41 Å². The van der Waals surface area contributed by atoms with Crippen LogP contribution in [-0.2, 0) is 14.3 Å². The summed E-state index contributed by atoms with van der Waals surface area (Å²) in [7, 11) is 0. The van der Waals surface area contributed by atoms with Crippen molar-refractivity contribution in [2.75, 3.05) is 24.6 Å². The van der Waals surface area contributed by atoms with Gasteiger partial charge in [-0.15, -0.1) is 0 Å². The molecule has 1 saturated heterocycles. The van der Waals surface area contributed by atoms with Crippen molar-refractivity contribution in [1.29, 1.82) is 0 Å². The molecule has 0 aromatic heterocycles. The number of amides is 3. The van der Waals surface area contributed by atoms with Crippen LogP contribution in [-0.4, -0.2) is 49.9 Å². The van der Waals surface area contributed by atoms with Crippen LogP contribution in [0.3, 0.4) is 0 Å². The van der Waals surface area contributed by atoms with Crippen molar-refractivity contribution in [3.05, 3.63) is 29.8 Å². The zero-order valence-electron chi connectivity index (χ0n) is 17.1. The molecule has 1 aromatic carbocycles. The van der Waals surface area contributed by atoms with Gasteiger partial charge in [-0.25, -0.2) is 4.79 Å². The Balaban J connectivity index is 1.75. The van der Waals surface area contributed by atoms with Crippen molar-refractivity contribution in [2.24, 2.45) is 16.4 Å². The SMILES string of the molecule is CC(C)(C)COC(=O)CCNC(=O)N[C@H]1CCN(c2ccc(C=NN)cc2)C1=O. The molecule has 1 fully saturated rings. The molecule has 1 atom stereocenters. The van der Waals surface area contributed by atoms with E-state index in [4.69, 9.17) is 10.6 Å². The van der Waals surface area contributed by atoms with Gasteiger partial charge >= 0.3 is 12.0 Å². The maximum absolute atomic E-state index is 12.6. The average molecular weight is 403 g/mol. The third-order valence-electron chi connectivity index (χ3n) is 4.22. The lowest BCUT2D eigenvalue weighted by molar-refractivity contribution is -0.146. The van der Waals surface area contributed by atoms with Crippen LogP contribution in [0.1, 0.15) is 39.2 Å². The second kappa shape index (κ2) is 9.90. The molecule has 0 spiro atoms. The Morgan fingerprint density at radius 3 is 2.62 bits per heavy atom. The first-order chi connectivity index (χ1) is 13.7. The summed E-state index contributed by atoms with van der Waals surface area (Å²) >= 11 is 0. The van der Waals surface area contributed by atoms with Gasteiger partial charge in [-0.05, 0) is 29.5 Å². The average Bonchev–Trinajstić information content (AvgIpc) is 3.01. The van der Waals surface area contributed by atoms with Crippen molar-refractivity contribution in [3.63, 3.8) is 0 Å². The smallest absolute Gasteiger partial charge is 0.315 e. The number of ether oxygens (including phenoxy) is 1. The van der Waals surface area contributed by atoms with Gasteiger partial charge in [0.05, 0.1) is 19.2 Å². The van der Waals surface area contributed by atoms with Gasteiger partial charge in [-0.3, -0.25) is 9.59 Å². The van der Waals surface area contributed by atoms with Crippen LogP contribution in [0.4, 0.5) is 10.5 Å². The third-order valence-corrected chi connectivity index (χ3v) is 4.22. The molecule has 1 heterocycles. The maximum atomic E-state index is 12.6. The number of rotatable bonds is 7. The van der Waals surface area contributed by atoms with Gasteiger partial charge in [0.1, 0.15) is 6.04 Å². The lowest BCUT2D eigenvalue weighted by atomic mass is 9.99. The van der Waals surface area contributed by atoms with Crippen LogP contribution in [0.2, 0.25) is 0 Å². The van der Waals surface area contributed by atoms with Gasteiger partial charge in [0.2, 0.25) is 5.91 Å². The summed E-state index contributed by atoms with van der Waals surface area (Å²) in [6, 6.07) is 6.15. The van der Waals surface area contributed by atoms with Gasteiger partial charge in [0.25, 0.3) is 0 Å². The summed E-state index contributed by atoms with van der Waals surface area (Å²) in [6.07, 6.45) is 2.10. The fourth-order valence-corrected chi connectivity index (χ4v) is 2.75. The first-order valence-electron chi connectivity index (χ1n) is 9.54. The molecule has 0 aliphatic carbocycles. The molecule has 0 saturated carbocycles. The molecule has 9 nitrogen and oxygen atoms in total. The number of hydrogen-bond acceptors (Lipinski definition) is 6. The number of carbonyl (C=O) groups excluding carboxylic acids is 3. The third kappa shape index (κ3) is 7.10. The molecule has 4 N–H and O–H groups in total. The Bertz CT molecular complexity index is 755. The summed E-state index contributed by atoms with van der Waals surface area (Å²) < 4.78 is 5.14. The van der Waals surface area contributed by atoms with E-state index in [-0.39, 0.29) is 30.3 Å². The van der Waals surface area contributed by atoms with Crippen LogP contribution in [0.25, 0.3) is 0 Å². The summed E-state index contributed by atoms with van der Waals surface area (Å²) in [5.74, 6) is 4.58.